The van der Waals surface area contributed by atoms with Crippen LogP contribution in [-0.4, -0.2) is 35.9 Å². The maximum Gasteiger partial charge on any atom is 0.265 e. The second-order valence-corrected chi connectivity index (χ2v) is 4.90. The molecule has 2 aromatic rings. The van der Waals surface area contributed by atoms with Crippen LogP contribution in [0, 0.1) is 0 Å². The Labute approximate surface area is 127 Å². The number of carbonyl (C=O) groups excluding carboxylic acids is 1. The van der Waals surface area contributed by atoms with Gasteiger partial charge in [0.15, 0.2) is 11.5 Å². The van der Waals surface area contributed by atoms with Gasteiger partial charge < -0.3 is 19.5 Å². The van der Waals surface area contributed by atoms with E-state index in [9.17, 15) is 4.79 Å². The second-order valence-electron chi connectivity index (χ2n) is 4.90. The molecule has 22 heavy (non-hydrogen) atoms. The minimum atomic E-state index is -0.656. The van der Waals surface area contributed by atoms with Crippen LogP contribution in [0.4, 0.5) is 0 Å². The smallest absolute Gasteiger partial charge is 0.265 e. The van der Waals surface area contributed by atoms with E-state index in [0.717, 1.165) is 11.4 Å². The topological polar surface area (TPSA) is 85.5 Å². The van der Waals surface area contributed by atoms with Gasteiger partial charge in [0, 0.05) is 7.11 Å². The van der Waals surface area contributed by atoms with Gasteiger partial charge in [-0.25, -0.2) is 0 Å². The quantitative estimate of drug-likeness (QED) is 0.861. The first-order valence-corrected chi connectivity index (χ1v) is 6.94. The van der Waals surface area contributed by atoms with E-state index in [2.05, 4.69) is 15.5 Å². The fraction of sp³-hybridized carbons (Fsp3) is 0.333. The summed E-state index contributed by atoms with van der Waals surface area (Å²) in [7, 11) is 1.61. The number of benzene rings is 1. The monoisotopic (exact) mass is 303 g/mol. The molecule has 1 amide bonds. The minimum absolute atomic E-state index is 0.195. The SMILES string of the molecule is COCc1cc(CNC(=O)[C@H]2COc3ccccc3O2)[nH]n1. The molecule has 1 aromatic carbocycles. The zero-order valence-corrected chi connectivity index (χ0v) is 12.2. The number of nitrogens with one attached hydrogen (secondary N) is 2. The van der Waals surface area contributed by atoms with Gasteiger partial charge in [-0.1, -0.05) is 12.1 Å². The third-order valence-electron chi connectivity index (χ3n) is 3.23. The molecule has 7 nitrogen and oxygen atoms in total. The molecule has 1 aromatic heterocycles. The predicted octanol–water partition coefficient (Wildman–Crippen LogP) is 1.01. The summed E-state index contributed by atoms with van der Waals surface area (Å²) in [5.41, 5.74) is 1.59. The van der Waals surface area contributed by atoms with Crippen LogP contribution in [0.2, 0.25) is 0 Å². The highest BCUT2D eigenvalue weighted by Crippen LogP contribution is 2.30. The molecule has 0 aliphatic carbocycles. The Balaban J connectivity index is 1.54. The molecule has 0 radical (unpaired) electrons. The highest BCUT2D eigenvalue weighted by Gasteiger charge is 2.27. The maximum absolute atomic E-state index is 12.1. The number of hydrogen-bond donors (Lipinski definition) is 2. The number of hydrogen-bond acceptors (Lipinski definition) is 5. The Morgan fingerprint density at radius 2 is 2.27 bits per heavy atom. The largest absolute Gasteiger partial charge is 0.485 e. The average Bonchev–Trinajstić information content (AvgIpc) is 3.00. The molecular weight excluding hydrogens is 286 g/mol. The second kappa shape index (κ2) is 6.48. The van der Waals surface area contributed by atoms with Crippen molar-refractivity contribution in [1.82, 2.24) is 15.5 Å². The van der Waals surface area contributed by atoms with Gasteiger partial charge in [0.25, 0.3) is 5.91 Å². The third-order valence-corrected chi connectivity index (χ3v) is 3.23. The number of nitrogens with zero attached hydrogens (tertiary/aromatic N) is 1. The lowest BCUT2D eigenvalue weighted by Crippen LogP contribution is -2.43. The van der Waals surface area contributed by atoms with Gasteiger partial charge in [-0.05, 0) is 18.2 Å². The number of ether oxygens (including phenoxy) is 3. The number of aromatic amines is 1. The molecule has 0 bridgehead atoms. The molecule has 1 aliphatic heterocycles. The summed E-state index contributed by atoms with van der Waals surface area (Å²) in [6.45, 7) is 0.971. The molecule has 0 spiro atoms. The number of methoxy groups -OCH3 is 1. The molecule has 3 rings (SSSR count). The zero-order valence-electron chi connectivity index (χ0n) is 12.2. The van der Waals surface area contributed by atoms with Crippen molar-refractivity contribution in [1.29, 1.82) is 0 Å². The first-order valence-electron chi connectivity index (χ1n) is 6.94. The molecular formula is C15H17N3O4. The van der Waals surface area contributed by atoms with Crippen molar-refractivity contribution >= 4 is 5.91 Å². The number of aromatic nitrogens is 2. The van der Waals surface area contributed by atoms with Crippen molar-refractivity contribution < 1.29 is 19.0 Å². The van der Waals surface area contributed by atoms with Crippen LogP contribution in [0.25, 0.3) is 0 Å². The van der Waals surface area contributed by atoms with E-state index in [1.807, 2.05) is 24.3 Å². The molecule has 1 aliphatic rings. The number of rotatable bonds is 5. The van der Waals surface area contributed by atoms with Gasteiger partial charge >= 0.3 is 0 Å². The summed E-state index contributed by atoms with van der Waals surface area (Å²) >= 11 is 0. The van der Waals surface area contributed by atoms with E-state index in [1.165, 1.54) is 0 Å². The van der Waals surface area contributed by atoms with Crippen LogP contribution in [0.3, 0.4) is 0 Å². The Morgan fingerprint density at radius 3 is 3.09 bits per heavy atom. The minimum Gasteiger partial charge on any atom is -0.485 e. The third kappa shape index (κ3) is 3.20. The van der Waals surface area contributed by atoms with Gasteiger partial charge in [-0.3, -0.25) is 9.89 Å². The van der Waals surface area contributed by atoms with Crippen LogP contribution in [-0.2, 0) is 22.7 Å². The number of amides is 1. The summed E-state index contributed by atoms with van der Waals surface area (Å²) < 4.78 is 16.2. The van der Waals surface area contributed by atoms with Crippen LogP contribution >= 0.6 is 0 Å². The van der Waals surface area contributed by atoms with Crippen LogP contribution in [0.5, 0.6) is 11.5 Å². The molecule has 0 saturated heterocycles. The summed E-state index contributed by atoms with van der Waals surface area (Å²) in [5, 5.41) is 9.72. The lowest BCUT2D eigenvalue weighted by Gasteiger charge is -2.25. The molecule has 0 saturated carbocycles. The maximum atomic E-state index is 12.1. The fourth-order valence-electron chi connectivity index (χ4n) is 2.17. The Kier molecular flexibility index (Phi) is 4.24. The van der Waals surface area contributed by atoms with Crippen molar-refractivity contribution in [3.8, 4) is 11.5 Å². The zero-order chi connectivity index (χ0) is 15.4. The molecule has 2 N–H and O–H groups in total. The lowest BCUT2D eigenvalue weighted by atomic mass is 10.2. The normalized spacial score (nSPS) is 16.3. The molecule has 2 heterocycles. The molecule has 7 heteroatoms. The van der Waals surface area contributed by atoms with E-state index < -0.39 is 6.10 Å². The van der Waals surface area contributed by atoms with Gasteiger partial charge in [0.05, 0.1) is 24.5 Å². The first kappa shape index (κ1) is 14.4. The molecule has 1 atom stereocenters. The van der Waals surface area contributed by atoms with Crippen LogP contribution in [0.1, 0.15) is 11.4 Å². The van der Waals surface area contributed by atoms with Crippen LogP contribution < -0.4 is 14.8 Å². The van der Waals surface area contributed by atoms with Crippen molar-refractivity contribution in [2.75, 3.05) is 13.7 Å². The summed E-state index contributed by atoms with van der Waals surface area (Å²) in [6.07, 6.45) is -0.656. The lowest BCUT2D eigenvalue weighted by molar-refractivity contribution is -0.130. The molecule has 0 unspecified atom stereocenters. The predicted molar refractivity (Wildman–Crippen MR) is 77.5 cm³/mol. The van der Waals surface area contributed by atoms with Crippen molar-refractivity contribution in [2.24, 2.45) is 0 Å². The van der Waals surface area contributed by atoms with Crippen molar-refractivity contribution in [2.45, 2.75) is 19.3 Å². The summed E-state index contributed by atoms with van der Waals surface area (Å²) in [5.74, 6) is 1.01. The van der Waals surface area contributed by atoms with E-state index in [1.54, 1.807) is 13.2 Å². The highest BCUT2D eigenvalue weighted by atomic mass is 16.6. The molecule has 116 valence electrons. The number of para-hydroxylation sites is 2. The number of H-pyrrole nitrogens is 1. The van der Waals surface area contributed by atoms with Crippen LogP contribution in [0.15, 0.2) is 30.3 Å². The number of fused-ring (bicyclic) bond motifs is 1. The van der Waals surface area contributed by atoms with Gasteiger partial charge in [-0.2, -0.15) is 5.10 Å². The standard InChI is InChI=1S/C15H17N3O4/c1-20-8-11-6-10(17-18-11)7-16-15(19)14-9-21-12-4-2-3-5-13(12)22-14/h2-6,14H,7-9H2,1H3,(H,16,19)(H,17,18)/t14-/m1/s1. The first-order chi connectivity index (χ1) is 10.8. The molecule has 0 fully saturated rings. The Bertz CT molecular complexity index is 656. The highest BCUT2D eigenvalue weighted by molar-refractivity contribution is 5.81. The van der Waals surface area contributed by atoms with E-state index >= 15 is 0 Å². The Hall–Kier alpha value is -2.54. The van der Waals surface area contributed by atoms with Gasteiger partial charge in [-0.15, -0.1) is 0 Å². The van der Waals surface area contributed by atoms with E-state index in [-0.39, 0.29) is 12.5 Å². The van der Waals surface area contributed by atoms with Gasteiger partial charge in [0.2, 0.25) is 6.10 Å². The van der Waals surface area contributed by atoms with Crippen molar-refractivity contribution in [3.05, 3.63) is 41.7 Å². The van der Waals surface area contributed by atoms with Gasteiger partial charge in [0.1, 0.15) is 6.61 Å². The number of carbonyl (C=O) groups is 1. The van der Waals surface area contributed by atoms with E-state index in [0.29, 0.717) is 24.7 Å². The summed E-state index contributed by atoms with van der Waals surface area (Å²) in [6, 6.07) is 9.13. The summed E-state index contributed by atoms with van der Waals surface area (Å²) in [4.78, 5) is 12.1. The fourth-order valence-corrected chi connectivity index (χ4v) is 2.17. The van der Waals surface area contributed by atoms with E-state index in [4.69, 9.17) is 14.2 Å². The average molecular weight is 303 g/mol. The van der Waals surface area contributed by atoms with Crippen molar-refractivity contribution in [3.63, 3.8) is 0 Å². The Morgan fingerprint density at radius 1 is 1.45 bits per heavy atom.